The number of aliphatic carboxylic acids is 1. The highest BCUT2D eigenvalue weighted by Gasteiger charge is 2.29. The molecule has 0 unspecified atom stereocenters. The van der Waals surface area contributed by atoms with Gasteiger partial charge in [0.1, 0.15) is 0 Å². The van der Waals surface area contributed by atoms with E-state index in [-0.39, 0.29) is 30.9 Å². The lowest BCUT2D eigenvalue weighted by molar-refractivity contribution is -0.137. The molecule has 1 aliphatic rings. The Balaban J connectivity index is 1.83. The SMILES string of the molecule is CC(C)N(CCC(=O)O)CC(=O)Nc1nnc(C2CC2)o1. The number of amides is 1. The molecule has 0 aliphatic heterocycles. The zero-order valence-electron chi connectivity index (χ0n) is 12.2. The second-order valence-corrected chi connectivity index (χ2v) is 5.48. The maximum Gasteiger partial charge on any atom is 0.322 e. The molecular weight excluding hydrogens is 276 g/mol. The average Bonchev–Trinajstić information content (AvgIpc) is 3.15. The Morgan fingerprint density at radius 2 is 2.14 bits per heavy atom. The second kappa shape index (κ2) is 6.66. The third-order valence-electron chi connectivity index (χ3n) is 3.30. The number of anilines is 1. The Kier molecular flexibility index (Phi) is 4.89. The Morgan fingerprint density at radius 3 is 2.71 bits per heavy atom. The van der Waals surface area contributed by atoms with Crippen LogP contribution in [0.4, 0.5) is 6.01 Å². The van der Waals surface area contributed by atoms with Crippen molar-refractivity contribution < 1.29 is 19.1 Å². The van der Waals surface area contributed by atoms with Crippen molar-refractivity contribution in [2.24, 2.45) is 0 Å². The fourth-order valence-electron chi connectivity index (χ4n) is 1.88. The molecule has 1 aliphatic carbocycles. The fourth-order valence-corrected chi connectivity index (χ4v) is 1.88. The zero-order chi connectivity index (χ0) is 15.4. The van der Waals surface area contributed by atoms with Crippen LogP contribution in [0.5, 0.6) is 0 Å². The molecule has 1 heterocycles. The number of rotatable bonds is 8. The minimum absolute atomic E-state index is 0.00214. The van der Waals surface area contributed by atoms with Gasteiger partial charge in [0.15, 0.2) is 0 Å². The molecule has 0 atom stereocenters. The average molecular weight is 296 g/mol. The monoisotopic (exact) mass is 296 g/mol. The summed E-state index contributed by atoms with van der Waals surface area (Å²) in [5, 5.41) is 18.9. The summed E-state index contributed by atoms with van der Waals surface area (Å²) in [5.74, 6) is -0.269. The molecule has 1 fully saturated rings. The van der Waals surface area contributed by atoms with Crippen LogP contribution in [-0.2, 0) is 9.59 Å². The van der Waals surface area contributed by atoms with Gasteiger partial charge in [-0.05, 0) is 26.7 Å². The van der Waals surface area contributed by atoms with Crippen molar-refractivity contribution >= 4 is 17.9 Å². The zero-order valence-corrected chi connectivity index (χ0v) is 12.2. The molecule has 21 heavy (non-hydrogen) atoms. The van der Waals surface area contributed by atoms with Crippen molar-refractivity contribution in [3.63, 3.8) is 0 Å². The van der Waals surface area contributed by atoms with E-state index in [2.05, 4.69) is 15.5 Å². The van der Waals surface area contributed by atoms with Crippen LogP contribution in [0, 0.1) is 0 Å². The molecule has 8 heteroatoms. The number of carboxylic acids is 1. The Bertz CT molecular complexity index is 510. The van der Waals surface area contributed by atoms with Gasteiger partial charge in [0, 0.05) is 18.5 Å². The van der Waals surface area contributed by atoms with Gasteiger partial charge in [0.2, 0.25) is 11.8 Å². The standard InChI is InChI=1S/C13H20N4O4/c1-8(2)17(6-5-11(19)20)7-10(18)14-13-16-15-12(21-13)9-3-4-9/h8-9H,3-7H2,1-2H3,(H,19,20)(H,14,16,18). The highest BCUT2D eigenvalue weighted by Crippen LogP contribution is 2.39. The highest BCUT2D eigenvalue weighted by molar-refractivity contribution is 5.90. The van der Waals surface area contributed by atoms with Crippen LogP contribution in [-0.4, -0.2) is 51.2 Å². The number of carboxylic acid groups (broad SMARTS) is 1. The van der Waals surface area contributed by atoms with E-state index in [0.29, 0.717) is 18.4 Å². The maximum absolute atomic E-state index is 11.9. The van der Waals surface area contributed by atoms with Crippen LogP contribution >= 0.6 is 0 Å². The first-order valence-electron chi connectivity index (χ1n) is 7.04. The summed E-state index contributed by atoms with van der Waals surface area (Å²) in [7, 11) is 0. The lowest BCUT2D eigenvalue weighted by atomic mass is 10.3. The fraction of sp³-hybridized carbons (Fsp3) is 0.692. The molecule has 8 nitrogen and oxygen atoms in total. The first-order valence-corrected chi connectivity index (χ1v) is 7.04. The summed E-state index contributed by atoms with van der Waals surface area (Å²) in [6.45, 7) is 4.23. The number of hydrogen-bond acceptors (Lipinski definition) is 6. The van der Waals surface area contributed by atoms with Gasteiger partial charge < -0.3 is 9.52 Å². The molecule has 2 N–H and O–H groups in total. The Labute approximate surface area is 122 Å². The largest absolute Gasteiger partial charge is 0.481 e. The molecule has 0 aromatic carbocycles. The van der Waals surface area contributed by atoms with Gasteiger partial charge in [-0.15, -0.1) is 5.10 Å². The minimum Gasteiger partial charge on any atom is -0.481 e. The normalized spacial score (nSPS) is 14.7. The van der Waals surface area contributed by atoms with Crippen LogP contribution in [0.25, 0.3) is 0 Å². The highest BCUT2D eigenvalue weighted by atomic mass is 16.4. The van der Waals surface area contributed by atoms with Gasteiger partial charge in [0.05, 0.1) is 13.0 Å². The van der Waals surface area contributed by atoms with Crippen molar-refractivity contribution in [3.05, 3.63) is 5.89 Å². The summed E-state index contributed by atoms with van der Waals surface area (Å²) >= 11 is 0. The van der Waals surface area contributed by atoms with E-state index in [0.717, 1.165) is 12.8 Å². The minimum atomic E-state index is -0.882. The van der Waals surface area contributed by atoms with Gasteiger partial charge in [-0.1, -0.05) is 5.10 Å². The van der Waals surface area contributed by atoms with E-state index in [1.165, 1.54) is 0 Å². The number of carbonyl (C=O) groups is 2. The van der Waals surface area contributed by atoms with E-state index in [4.69, 9.17) is 9.52 Å². The van der Waals surface area contributed by atoms with Crippen molar-refractivity contribution in [3.8, 4) is 0 Å². The van der Waals surface area contributed by atoms with E-state index < -0.39 is 5.97 Å². The number of hydrogen-bond donors (Lipinski definition) is 2. The van der Waals surface area contributed by atoms with Crippen LogP contribution in [0.15, 0.2) is 4.42 Å². The summed E-state index contributed by atoms with van der Waals surface area (Å²) in [5.41, 5.74) is 0. The number of nitrogens with one attached hydrogen (secondary N) is 1. The summed E-state index contributed by atoms with van der Waals surface area (Å²) in [6, 6.07) is 0.170. The molecule has 2 rings (SSSR count). The van der Waals surface area contributed by atoms with Crippen molar-refractivity contribution in [2.75, 3.05) is 18.4 Å². The van der Waals surface area contributed by atoms with Crippen molar-refractivity contribution in [2.45, 2.75) is 45.1 Å². The smallest absolute Gasteiger partial charge is 0.322 e. The van der Waals surface area contributed by atoms with Gasteiger partial charge in [-0.25, -0.2) is 0 Å². The first kappa shape index (κ1) is 15.4. The molecule has 116 valence electrons. The third kappa shape index (κ3) is 4.82. The van der Waals surface area contributed by atoms with E-state index in [1.807, 2.05) is 13.8 Å². The molecule has 0 spiro atoms. The van der Waals surface area contributed by atoms with Crippen LogP contribution in [0.3, 0.4) is 0 Å². The lowest BCUT2D eigenvalue weighted by Gasteiger charge is -2.24. The van der Waals surface area contributed by atoms with E-state index >= 15 is 0 Å². The Hall–Kier alpha value is -1.96. The van der Waals surface area contributed by atoms with Crippen LogP contribution < -0.4 is 5.32 Å². The van der Waals surface area contributed by atoms with Crippen LogP contribution in [0.2, 0.25) is 0 Å². The van der Waals surface area contributed by atoms with Crippen LogP contribution in [0.1, 0.15) is 44.9 Å². The molecular formula is C13H20N4O4. The molecule has 1 aromatic heterocycles. The molecule has 0 radical (unpaired) electrons. The Morgan fingerprint density at radius 1 is 1.43 bits per heavy atom. The van der Waals surface area contributed by atoms with E-state index in [9.17, 15) is 9.59 Å². The molecule has 1 amide bonds. The predicted octanol–water partition coefficient (Wildman–Crippen LogP) is 1.07. The summed E-state index contributed by atoms with van der Waals surface area (Å²) < 4.78 is 5.35. The second-order valence-electron chi connectivity index (χ2n) is 5.48. The third-order valence-corrected chi connectivity index (χ3v) is 3.30. The van der Waals surface area contributed by atoms with Gasteiger partial charge in [0.25, 0.3) is 0 Å². The summed E-state index contributed by atoms with van der Waals surface area (Å²) in [6.07, 6.45) is 2.09. The number of nitrogens with zero attached hydrogens (tertiary/aromatic N) is 3. The lowest BCUT2D eigenvalue weighted by Crippen LogP contribution is -2.39. The number of carbonyl (C=O) groups excluding carboxylic acids is 1. The quantitative estimate of drug-likeness (QED) is 0.738. The van der Waals surface area contributed by atoms with Gasteiger partial charge in [-0.2, -0.15) is 0 Å². The first-order chi connectivity index (χ1) is 9.95. The van der Waals surface area contributed by atoms with Gasteiger partial charge in [-0.3, -0.25) is 19.8 Å². The van der Waals surface area contributed by atoms with Crippen molar-refractivity contribution in [1.29, 1.82) is 0 Å². The maximum atomic E-state index is 11.9. The van der Waals surface area contributed by atoms with Crippen molar-refractivity contribution in [1.82, 2.24) is 15.1 Å². The molecule has 0 bridgehead atoms. The predicted molar refractivity (Wildman–Crippen MR) is 73.9 cm³/mol. The van der Waals surface area contributed by atoms with E-state index in [1.54, 1.807) is 4.90 Å². The molecule has 1 saturated carbocycles. The number of aromatic nitrogens is 2. The molecule has 1 aromatic rings. The van der Waals surface area contributed by atoms with Gasteiger partial charge >= 0.3 is 12.0 Å². The molecule has 0 saturated heterocycles. The topological polar surface area (TPSA) is 109 Å². The summed E-state index contributed by atoms with van der Waals surface area (Å²) in [4.78, 5) is 24.3.